The number of H-pyrrole nitrogens is 1. The predicted molar refractivity (Wildman–Crippen MR) is 197 cm³/mol. The van der Waals surface area contributed by atoms with Gasteiger partial charge in [0.15, 0.2) is 5.43 Å². The molecule has 7 nitrogen and oxygen atoms in total. The van der Waals surface area contributed by atoms with Gasteiger partial charge in [0, 0.05) is 48.4 Å². The fourth-order valence-electron chi connectivity index (χ4n) is 4.85. The predicted octanol–water partition coefficient (Wildman–Crippen LogP) is 7.83. The van der Waals surface area contributed by atoms with Crippen molar-refractivity contribution in [2.24, 2.45) is 0 Å². The molecular formula is C39H53N2O5P. The van der Waals surface area contributed by atoms with Crippen molar-refractivity contribution in [3.8, 4) is 0 Å². The van der Waals surface area contributed by atoms with E-state index < -0.39 is 7.60 Å². The van der Waals surface area contributed by atoms with Crippen LogP contribution in [0.2, 0.25) is 0 Å². The minimum atomic E-state index is -3.72. The Bertz CT molecular complexity index is 1590. The highest BCUT2D eigenvalue weighted by Gasteiger charge is 2.29. The average molecular weight is 661 g/mol. The van der Waals surface area contributed by atoms with Crippen LogP contribution in [0.5, 0.6) is 0 Å². The Morgan fingerprint density at radius 1 is 0.957 bits per heavy atom. The Kier molecular flexibility index (Phi) is 18.2. The number of hydrogen-bond acceptors (Lipinski definition) is 6. The molecule has 0 saturated carbocycles. The molecule has 0 bridgehead atoms. The molecule has 1 aromatic heterocycles. The van der Waals surface area contributed by atoms with Crippen LogP contribution in [0.3, 0.4) is 0 Å². The van der Waals surface area contributed by atoms with E-state index in [9.17, 15) is 9.36 Å². The van der Waals surface area contributed by atoms with E-state index in [-0.39, 0.29) is 24.0 Å². The van der Waals surface area contributed by atoms with Crippen LogP contribution in [0, 0.1) is 0 Å². The van der Waals surface area contributed by atoms with Crippen LogP contribution < -0.4 is 16.0 Å². The first-order chi connectivity index (χ1) is 23.0. The van der Waals surface area contributed by atoms with Crippen LogP contribution in [0.1, 0.15) is 64.7 Å². The molecule has 2 heterocycles. The van der Waals surface area contributed by atoms with Gasteiger partial charge in [0.2, 0.25) is 0 Å². The van der Waals surface area contributed by atoms with E-state index in [1.54, 1.807) is 18.3 Å². The number of nitrogens with one attached hydrogen (secondary N) is 1. The summed E-state index contributed by atoms with van der Waals surface area (Å²) in [4.78, 5) is 19.2. The molecule has 47 heavy (non-hydrogen) atoms. The van der Waals surface area contributed by atoms with Crippen LogP contribution in [0.4, 0.5) is 0 Å². The number of pyridine rings is 1. The highest BCUT2D eigenvalue weighted by Crippen LogP contribution is 2.52. The van der Waals surface area contributed by atoms with E-state index in [1.165, 1.54) is 0 Å². The third kappa shape index (κ3) is 12.3. The third-order valence-corrected chi connectivity index (χ3v) is 8.76. The Morgan fingerprint density at radius 3 is 2.15 bits per heavy atom. The summed E-state index contributed by atoms with van der Waals surface area (Å²) in [5.74, 6) is 0.266. The van der Waals surface area contributed by atoms with Crippen molar-refractivity contribution in [2.75, 3.05) is 32.5 Å². The van der Waals surface area contributed by atoms with Gasteiger partial charge in [-0.25, -0.2) is 4.57 Å². The van der Waals surface area contributed by atoms with Crippen LogP contribution in [0.15, 0.2) is 102 Å². The number of aryl methyl sites for hydroxylation is 1. The molecule has 3 aromatic rings. The van der Waals surface area contributed by atoms with Crippen molar-refractivity contribution >= 4 is 25.5 Å². The van der Waals surface area contributed by atoms with E-state index in [4.69, 9.17) is 13.8 Å². The van der Waals surface area contributed by atoms with Crippen molar-refractivity contribution in [3.63, 3.8) is 0 Å². The van der Waals surface area contributed by atoms with Gasteiger partial charge >= 0.3 is 7.60 Å². The maximum atomic E-state index is 14.5. The fraction of sp³-hybridized carbons (Fsp3) is 0.359. The molecule has 1 saturated heterocycles. The van der Waals surface area contributed by atoms with Gasteiger partial charge in [-0.3, -0.25) is 9.32 Å². The molecule has 1 atom stereocenters. The summed E-state index contributed by atoms with van der Waals surface area (Å²) in [6.07, 6.45) is 12.2. The highest BCUT2D eigenvalue weighted by atomic mass is 31.2. The van der Waals surface area contributed by atoms with Crippen LogP contribution in [0.25, 0.3) is 17.9 Å². The summed E-state index contributed by atoms with van der Waals surface area (Å²) in [7, 11) is -3.72. The summed E-state index contributed by atoms with van der Waals surface area (Å²) in [5.41, 5.74) is 3.22. The number of ether oxygens (including phenoxy) is 1. The second kappa shape index (κ2) is 21.8. The first kappa shape index (κ1) is 39.3. The van der Waals surface area contributed by atoms with Gasteiger partial charge in [0.25, 0.3) is 0 Å². The molecule has 1 fully saturated rings. The molecule has 2 aromatic carbocycles. The highest BCUT2D eigenvalue weighted by molar-refractivity contribution is 7.54. The number of benzene rings is 2. The number of allylic oxidation sites excluding steroid dienone is 3. The number of fused-ring (bicyclic) bond motifs is 1. The number of aromatic nitrogens is 1. The second-order valence-electron chi connectivity index (χ2n) is 10.2. The molecule has 1 unspecified atom stereocenters. The number of nitrogens with zero attached hydrogens (tertiary/aromatic N) is 1. The first-order valence-electron chi connectivity index (χ1n) is 16.7. The normalized spacial score (nSPS) is 15.0. The fourth-order valence-corrected chi connectivity index (χ4v) is 6.44. The van der Waals surface area contributed by atoms with E-state index in [0.717, 1.165) is 29.9 Å². The molecule has 0 amide bonds. The number of rotatable bonds is 10. The zero-order chi connectivity index (χ0) is 34.5. The second-order valence-corrected chi connectivity index (χ2v) is 12.3. The van der Waals surface area contributed by atoms with Gasteiger partial charge < -0.3 is 19.1 Å². The maximum Gasteiger partial charge on any atom is 0.379 e. The Balaban J connectivity index is 0.00000102. The third-order valence-electron chi connectivity index (χ3n) is 6.99. The molecule has 1 aliphatic carbocycles. The molecule has 0 spiro atoms. The molecule has 8 heteroatoms. The SMILES string of the molecule is C/C=C\c1c[nH]c2c(c1=O)=C(OP(=O)(CCc1ccccc1)OCc1ccccc1)C=C(N1CCOCC1)CC=2.C=CC.CC.CC. The van der Waals surface area contributed by atoms with Gasteiger partial charge in [0.1, 0.15) is 5.76 Å². The lowest BCUT2D eigenvalue weighted by atomic mass is 10.2. The van der Waals surface area contributed by atoms with E-state index in [0.29, 0.717) is 42.2 Å². The zero-order valence-electron chi connectivity index (χ0n) is 29.0. The lowest BCUT2D eigenvalue weighted by Gasteiger charge is -2.31. The lowest BCUT2D eigenvalue weighted by Crippen LogP contribution is -2.43. The molecular weight excluding hydrogens is 607 g/mol. The van der Waals surface area contributed by atoms with Gasteiger partial charge in [-0.2, -0.15) is 0 Å². The standard InChI is InChI=1S/C32H35N2O5P.C3H6.2C2H6/c1-2-9-27-23-33-29-15-14-28(34-17-19-37-20-18-34)22-30(31(29)32(27)35)39-40(36,21-16-25-10-5-3-6-11-25)38-24-26-12-7-4-8-13-26;1-3-2;2*1-2/h2-13,15,22-23,33H,14,16-21,24H2,1H3;3H,1H2,2H3;2*1-2H3/b9-2-;;;. The van der Waals surface area contributed by atoms with Crippen molar-refractivity contribution in [1.29, 1.82) is 0 Å². The minimum Gasteiger partial charge on any atom is -0.423 e. The smallest absolute Gasteiger partial charge is 0.379 e. The number of aromatic amines is 1. The monoisotopic (exact) mass is 660 g/mol. The Hall–Kier alpha value is -3.90. The summed E-state index contributed by atoms with van der Waals surface area (Å²) in [5, 5.41) is 1.01. The van der Waals surface area contributed by atoms with Crippen molar-refractivity contribution in [3.05, 3.63) is 135 Å². The van der Waals surface area contributed by atoms with Gasteiger partial charge in [0.05, 0.1) is 31.2 Å². The molecule has 2 aliphatic rings. The van der Waals surface area contributed by atoms with Crippen molar-refractivity contribution in [1.82, 2.24) is 9.88 Å². The maximum absolute atomic E-state index is 14.5. The van der Waals surface area contributed by atoms with Gasteiger partial charge in [-0.15, -0.1) is 6.58 Å². The van der Waals surface area contributed by atoms with Crippen molar-refractivity contribution < 1.29 is 18.3 Å². The minimum absolute atomic E-state index is 0.133. The van der Waals surface area contributed by atoms with Gasteiger partial charge in [-0.05, 0) is 31.4 Å². The average Bonchev–Trinajstić information content (AvgIpc) is 3.31. The van der Waals surface area contributed by atoms with Gasteiger partial charge in [-0.1, -0.05) is 113 Å². The summed E-state index contributed by atoms with van der Waals surface area (Å²) < 4.78 is 32.6. The summed E-state index contributed by atoms with van der Waals surface area (Å²) in [6.45, 7) is 18.0. The van der Waals surface area contributed by atoms with E-state index in [1.807, 2.05) is 120 Å². The number of morpholine rings is 1. The zero-order valence-corrected chi connectivity index (χ0v) is 29.9. The summed E-state index contributed by atoms with van der Waals surface area (Å²) >= 11 is 0. The van der Waals surface area contributed by atoms with Crippen LogP contribution in [-0.4, -0.2) is 42.3 Å². The van der Waals surface area contributed by atoms with Crippen LogP contribution >= 0.6 is 7.60 Å². The number of hydrogen-bond donors (Lipinski definition) is 1. The molecule has 254 valence electrons. The van der Waals surface area contributed by atoms with Crippen molar-refractivity contribution in [2.45, 2.75) is 61.0 Å². The molecule has 0 radical (unpaired) electrons. The summed E-state index contributed by atoms with van der Waals surface area (Å²) in [6, 6.07) is 19.5. The molecule has 1 aliphatic heterocycles. The van der Waals surface area contributed by atoms with E-state index in [2.05, 4.69) is 16.5 Å². The topological polar surface area (TPSA) is 80.9 Å². The largest absolute Gasteiger partial charge is 0.423 e. The Labute approximate surface area is 281 Å². The molecule has 1 N–H and O–H groups in total. The first-order valence-corrected chi connectivity index (χ1v) is 18.4. The van der Waals surface area contributed by atoms with E-state index >= 15 is 0 Å². The Morgan fingerprint density at radius 2 is 1.55 bits per heavy atom. The lowest BCUT2D eigenvalue weighted by molar-refractivity contribution is 0.0530. The van der Waals surface area contributed by atoms with Crippen LogP contribution in [-0.2, 0) is 31.4 Å². The quantitative estimate of drug-likeness (QED) is 0.176. The molecule has 5 rings (SSSR count).